The molecule has 1 unspecified atom stereocenters. The molecule has 0 aromatic heterocycles. The van der Waals surface area contributed by atoms with Gasteiger partial charge in [-0.2, -0.15) is 4.31 Å². The van der Waals surface area contributed by atoms with Crippen molar-refractivity contribution in [2.24, 2.45) is 0 Å². The molecule has 3 fully saturated rings. The standard InChI is InChI=1S/C14H24N2O7S2/c1-24(18,19)16(12-2-9-25(20,21)11-12)10-13(17)15-5-3-14(4-6-15)22-7-8-23-14/h12H,2-11H2,1H3. The predicted molar refractivity (Wildman–Crippen MR) is 89.1 cm³/mol. The quantitative estimate of drug-likeness (QED) is 0.587. The van der Waals surface area contributed by atoms with Gasteiger partial charge in [0.05, 0.1) is 37.5 Å². The summed E-state index contributed by atoms with van der Waals surface area (Å²) >= 11 is 0. The van der Waals surface area contributed by atoms with Crippen molar-refractivity contribution in [1.29, 1.82) is 0 Å². The van der Waals surface area contributed by atoms with E-state index >= 15 is 0 Å². The van der Waals surface area contributed by atoms with Gasteiger partial charge in [0.2, 0.25) is 15.9 Å². The Balaban J connectivity index is 1.63. The van der Waals surface area contributed by atoms with Gasteiger partial charge in [-0.05, 0) is 6.42 Å². The van der Waals surface area contributed by atoms with E-state index in [0.717, 1.165) is 10.6 Å². The number of hydrogen-bond acceptors (Lipinski definition) is 7. The van der Waals surface area contributed by atoms with Crippen LogP contribution in [0.3, 0.4) is 0 Å². The van der Waals surface area contributed by atoms with E-state index < -0.39 is 31.7 Å². The molecule has 0 radical (unpaired) electrons. The van der Waals surface area contributed by atoms with E-state index in [1.54, 1.807) is 4.90 Å². The molecule has 0 aromatic carbocycles. The SMILES string of the molecule is CS(=O)(=O)N(CC(=O)N1CCC2(CC1)OCCO2)C1CCS(=O)(=O)C1. The summed E-state index contributed by atoms with van der Waals surface area (Å²) in [6.45, 7) is 1.63. The molecule has 11 heteroatoms. The van der Waals surface area contributed by atoms with Gasteiger partial charge in [-0.1, -0.05) is 0 Å². The number of sulfone groups is 1. The van der Waals surface area contributed by atoms with Crippen molar-refractivity contribution in [2.45, 2.75) is 31.1 Å². The number of hydrogen-bond donors (Lipinski definition) is 0. The molecular formula is C14H24N2O7S2. The highest BCUT2D eigenvalue weighted by atomic mass is 32.2. The van der Waals surface area contributed by atoms with Crippen LogP contribution in [0.25, 0.3) is 0 Å². The Morgan fingerprint density at radius 2 is 1.84 bits per heavy atom. The van der Waals surface area contributed by atoms with Crippen molar-refractivity contribution in [1.82, 2.24) is 9.21 Å². The van der Waals surface area contributed by atoms with E-state index in [2.05, 4.69) is 0 Å². The van der Waals surface area contributed by atoms with Gasteiger partial charge in [-0.15, -0.1) is 0 Å². The average Bonchev–Trinajstić information content (AvgIpc) is 3.11. The summed E-state index contributed by atoms with van der Waals surface area (Å²) in [6, 6.07) is -0.665. The minimum absolute atomic E-state index is 0.0429. The zero-order valence-electron chi connectivity index (χ0n) is 14.2. The third-order valence-corrected chi connectivity index (χ3v) is 8.05. The second-order valence-corrected chi connectivity index (χ2v) is 11.0. The van der Waals surface area contributed by atoms with Gasteiger partial charge in [0.25, 0.3) is 0 Å². The Hall–Kier alpha value is -0.750. The second kappa shape index (κ2) is 6.76. The lowest BCUT2D eigenvalue weighted by Gasteiger charge is -2.38. The van der Waals surface area contributed by atoms with Crippen LogP contribution < -0.4 is 0 Å². The lowest BCUT2D eigenvalue weighted by Crippen LogP contribution is -2.52. The lowest BCUT2D eigenvalue weighted by atomic mass is 10.0. The van der Waals surface area contributed by atoms with Gasteiger partial charge < -0.3 is 14.4 Å². The summed E-state index contributed by atoms with van der Waals surface area (Å²) in [5.74, 6) is -1.19. The van der Waals surface area contributed by atoms with Gasteiger partial charge in [-0.25, -0.2) is 16.8 Å². The Bertz CT molecular complexity index is 718. The molecule has 1 amide bonds. The van der Waals surface area contributed by atoms with E-state index in [0.29, 0.717) is 39.1 Å². The fourth-order valence-corrected chi connectivity index (χ4v) is 6.53. The molecule has 3 aliphatic rings. The fourth-order valence-electron chi connectivity index (χ4n) is 3.64. The smallest absolute Gasteiger partial charge is 0.237 e. The molecule has 9 nitrogen and oxygen atoms in total. The first-order valence-electron chi connectivity index (χ1n) is 8.33. The molecule has 3 rings (SSSR count). The maximum Gasteiger partial charge on any atom is 0.237 e. The summed E-state index contributed by atoms with van der Waals surface area (Å²) in [6.07, 6.45) is 2.34. The summed E-state index contributed by atoms with van der Waals surface area (Å²) < 4.78 is 59.7. The highest BCUT2D eigenvalue weighted by molar-refractivity contribution is 7.92. The number of nitrogens with zero attached hydrogens (tertiary/aromatic N) is 2. The Kier molecular flexibility index (Phi) is 5.15. The second-order valence-electron chi connectivity index (χ2n) is 6.85. The summed E-state index contributed by atoms with van der Waals surface area (Å²) in [4.78, 5) is 14.2. The molecule has 0 N–H and O–H groups in total. The van der Waals surface area contributed by atoms with Crippen LogP contribution in [0.4, 0.5) is 0 Å². The molecule has 144 valence electrons. The normalized spacial score (nSPS) is 28.7. The van der Waals surface area contributed by atoms with E-state index in [4.69, 9.17) is 9.47 Å². The molecule has 0 saturated carbocycles. The van der Waals surface area contributed by atoms with Crippen LogP contribution in [0.15, 0.2) is 0 Å². The minimum atomic E-state index is -3.68. The molecule has 0 bridgehead atoms. The molecule has 1 spiro atoms. The molecule has 0 aromatic rings. The number of ether oxygens (including phenoxy) is 2. The van der Waals surface area contributed by atoms with Crippen LogP contribution in [0, 0.1) is 0 Å². The van der Waals surface area contributed by atoms with Gasteiger partial charge in [0, 0.05) is 32.0 Å². The van der Waals surface area contributed by atoms with Crippen molar-refractivity contribution in [3.63, 3.8) is 0 Å². The van der Waals surface area contributed by atoms with Gasteiger partial charge in [0.15, 0.2) is 15.6 Å². The van der Waals surface area contributed by atoms with Crippen LogP contribution in [-0.2, 0) is 34.1 Å². The largest absolute Gasteiger partial charge is 0.347 e. The van der Waals surface area contributed by atoms with Crippen LogP contribution in [-0.4, -0.2) is 94.4 Å². The van der Waals surface area contributed by atoms with Crippen molar-refractivity contribution in [2.75, 3.05) is 50.6 Å². The van der Waals surface area contributed by atoms with Gasteiger partial charge in [-0.3, -0.25) is 4.79 Å². The first kappa shape index (κ1) is 19.0. The number of piperidine rings is 1. The molecule has 3 heterocycles. The van der Waals surface area contributed by atoms with Crippen LogP contribution in [0.5, 0.6) is 0 Å². The number of amides is 1. The minimum Gasteiger partial charge on any atom is -0.347 e. The average molecular weight is 396 g/mol. The number of likely N-dealkylation sites (tertiary alicyclic amines) is 1. The number of carbonyl (C=O) groups is 1. The van der Waals surface area contributed by atoms with Crippen molar-refractivity contribution in [3.05, 3.63) is 0 Å². The summed E-state index contributed by atoms with van der Waals surface area (Å²) in [5, 5.41) is 0. The van der Waals surface area contributed by atoms with Crippen LogP contribution in [0.2, 0.25) is 0 Å². The Morgan fingerprint density at radius 3 is 2.32 bits per heavy atom. The first-order valence-corrected chi connectivity index (χ1v) is 12.0. The van der Waals surface area contributed by atoms with E-state index in [-0.39, 0.29) is 30.4 Å². The molecule has 25 heavy (non-hydrogen) atoms. The van der Waals surface area contributed by atoms with Gasteiger partial charge in [0.1, 0.15) is 0 Å². The van der Waals surface area contributed by atoms with Crippen LogP contribution >= 0.6 is 0 Å². The number of carbonyl (C=O) groups excluding carboxylic acids is 1. The lowest BCUT2D eigenvalue weighted by molar-refractivity contribution is -0.187. The third-order valence-electron chi connectivity index (χ3n) is 5.02. The maximum atomic E-state index is 12.6. The number of rotatable bonds is 4. The Labute approximate surface area is 148 Å². The highest BCUT2D eigenvalue weighted by Gasteiger charge is 2.42. The van der Waals surface area contributed by atoms with Crippen molar-refractivity contribution in [3.8, 4) is 0 Å². The van der Waals surface area contributed by atoms with E-state index in [9.17, 15) is 21.6 Å². The first-order chi connectivity index (χ1) is 11.6. The maximum absolute atomic E-state index is 12.6. The fraction of sp³-hybridized carbons (Fsp3) is 0.929. The Morgan fingerprint density at radius 1 is 1.24 bits per heavy atom. The third kappa shape index (κ3) is 4.33. The molecule has 0 aliphatic carbocycles. The predicted octanol–water partition coefficient (Wildman–Crippen LogP) is -1.20. The van der Waals surface area contributed by atoms with E-state index in [1.807, 2.05) is 0 Å². The summed E-state index contributed by atoms with van der Waals surface area (Å²) in [7, 11) is -6.92. The summed E-state index contributed by atoms with van der Waals surface area (Å²) in [5.41, 5.74) is 0. The molecule has 1 atom stereocenters. The van der Waals surface area contributed by atoms with Gasteiger partial charge >= 0.3 is 0 Å². The zero-order valence-corrected chi connectivity index (χ0v) is 15.9. The monoisotopic (exact) mass is 396 g/mol. The zero-order chi connectivity index (χ0) is 18.3. The van der Waals surface area contributed by atoms with E-state index in [1.165, 1.54) is 0 Å². The van der Waals surface area contributed by atoms with Crippen molar-refractivity contribution < 1.29 is 31.1 Å². The molecular weight excluding hydrogens is 372 g/mol. The van der Waals surface area contributed by atoms with Crippen molar-refractivity contribution >= 4 is 25.8 Å². The molecule has 3 aliphatic heterocycles. The topological polar surface area (TPSA) is 110 Å². The van der Waals surface area contributed by atoms with Crippen LogP contribution in [0.1, 0.15) is 19.3 Å². The molecule has 3 saturated heterocycles. The number of sulfonamides is 1. The highest BCUT2D eigenvalue weighted by Crippen LogP contribution is 2.31.